The van der Waals surface area contributed by atoms with Gasteiger partial charge < -0.3 is 18.9 Å². The van der Waals surface area contributed by atoms with Crippen LogP contribution in [0.3, 0.4) is 0 Å². The van der Waals surface area contributed by atoms with Crippen molar-refractivity contribution in [3.8, 4) is 11.5 Å². The van der Waals surface area contributed by atoms with Gasteiger partial charge in [-0.1, -0.05) is 90.1 Å². The lowest BCUT2D eigenvalue weighted by molar-refractivity contribution is -0.128. The molecule has 4 atom stereocenters. The molecular formula is C36H46O4. The number of hydrogen-bond donors (Lipinski definition) is 0. The van der Waals surface area contributed by atoms with Gasteiger partial charge >= 0.3 is 0 Å². The van der Waals surface area contributed by atoms with E-state index in [0.717, 1.165) is 50.8 Å². The molecule has 4 nitrogen and oxygen atoms in total. The molecule has 2 fully saturated rings. The third kappa shape index (κ3) is 5.94. The Hall–Kier alpha value is -2.82. The highest BCUT2D eigenvalue weighted by molar-refractivity contribution is 5.46. The summed E-state index contributed by atoms with van der Waals surface area (Å²) in [7, 11) is 0. The van der Waals surface area contributed by atoms with E-state index in [1.54, 1.807) is 0 Å². The first kappa shape index (κ1) is 28.7. The lowest BCUT2D eigenvalue weighted by Crippen LogP contribution is -2.42. The van der Waals surface area contributed by atoms with Gasteiger partial charge in [-0.3, -0.25) is 0 Å². The molecule has 2 aliphatic heterocycles. The van der Waals surface area contributed by atoms with Crippen LogP contribution in [0.15, 0.2) is 72.8 Å². The molecule has 3 aromatic carbocycles. The van der Waals surface area contributed by atoms with Gasteiger partial charge in [0.1, 0.15) is 11.5 Å². The van der Waals surface area contributed by atoms with Crippen LogP contribution in [-0.2, 0) is 20.3 Å². The second-order valence-electron chi connectivity index (χ2n) is 12.6. The van der Waals surface area contributed by atoms with Gasteiger partial charge in [-0.15, -0.1) is 0 Å². The zero-order chi connectivity index (χ0) is 28.3. The first-order valence-corrected chi connectivity index (χ1v) is 15.0. The van der Waals surface area contributed by atoms with Crippen LogP contribution >= 0.6 is 0 Å². The van der Waals surface area contributed by atoms with Crippen molar-refractivity contribution < 1.29 is 18.9 Å². The normalized spacial score (nSPS) is 22.8. The van der Waals surface area contributed by atoms with Gasteiger partial charge in [-0.2, -0.15) is 0 Å². The molecule has 0 aliphatic carbocycles. The Morgan fingerprint density at radius 1 is 0.600 bits per heavy atom. The standard InChI is InChI=1S/C36H46O4/c1-7-33-25(23-39-33)21-37-31-16-12-27(13-17-31)35(3,4)29-10-9-11-30(20-29)36(5,6)28-14-18-32(19-15-28)38-22-26-24-40-34(26)8-2/h9-20,25-26,33-34H,7-8,21-24H2,1-6H3. The SMILES string of the molecule is CCC1OCC1COc1ccc(C(C)(C)c2cccc(C(C)(C)c3ccc(OCC4COC4CC)cc3)c2)cc1. The molecule has 3 aromatic rings. The molecule has 0 aromatic heterocycles. The van der Waals surface area contributed by atoms with Crippen LogP contribution in [0.1, 0.15) is 76.6 Å². The summed E-state index contributed by atoms with van der Waals surface area (Å²) in [6.45, 7) is 16.6. The fourth-order valence-corrected chi connectivity index (χ4v) is 5.92. The van der Waals surface area contributed by atoms with Gasteiger partial charge in [0.05, 0.1) is 38.6 Å². The first-order valence-electron chi connectivity index (χ1n) is 15.0. The van der Waals surface area contributed by atoms with E-state index >= 15 is 0 Å². The molecule has 0 amide bonds. The fraction of sp³-hybridized carbons (Fsp3) is 0.500. The molecule has 40 heavy (non-hydrogen) atoms. The third-order valence-electron chi connectivity index (χ3n) is 9.29. The highest BCUT2D eigenvalue weighted by Crippen LogP contribution is 2.38. The van der Waals surface area contributed by atoms with Gasteiger partial charge in [-0.25, -0.2) is 0 Å². The van der Waals surface area contributed by atoms with E-state index in [4.69, 9.17) is 18.9 Å². The smallest absolute Gasteiger partial charge is 0.119 e. The molecule has 214 valence electrons. The Labute approximate surface area is 241 Å². The first-order chi connectivity index (χ1) is 19.2. The second-order valence-corrected chi connectivity index (χ2v) is 12.6. The third-order valence-corrected chi connectivity index (χ3v) is 9.29. The van der Waals surface area contributed by atoms with Gasteiger partial charge in [0.25, 0.3) is 0 Å². The molecule has 2 saturated heterocycles. The fourth-order valence-electron chi connectivity index (χ4n) is 5.92. The van der Waals surface area contributed by atoms with Crippen molar-refractivity contribution in [2.75, 3.05) is 26.4 Å². The Kier molecular flexibility index (Phi) is 8.58. The molecular weight excluding hydrogens is 496 g/mol. The van der Waals surface area contributed by atoms with Crippen molar-refractivity contribution in [1.29, 1.82) is 0 Å². The molecule has 0 N–H and O–H groups in total. The maximum atomic E-state index is 6.09. The molecule has 0 bridgehead atoms. The Bertz CT molecular complexity index is 1150. The quantitative estimate of drug-likeness (QED) is 0.233. The van der Waals surface area contributed by atoms with Crippen LogP contribution in [0.25, 0.3) is 0 Å². The van der Waals surface area contributed by atoms with Crippen molar-refractivity contribution in [2.45, 2.75) is 77.4 Å². The van der Waals surface area contributed by atoms with Crippen molar-refractivity contribution in [1.82, 2.24) is 0 Å². The molecule has 0 spiro atoms. The second kappa shape index (κ2) is 12.0. The summed E-state index contributed by atoms with van der Waals surface area (Å²) in [5.74, 6) is 2.86. The van der Waals surface area contributed by atoms with Crippen LogP contribution in [0.5, 0.6) is 11.5 Å². The maximum Gasteiger partial charge on any atom is 0.119 e. The lowest BCUT2D eigenvalue weighted by atomic mass is 9.73. The van der Waals surface area contributed by atoms with Crippen molar-refractivity contribution in [3.63, 3.8) is 0 Å². The van der Waals surface area contributed by atoms with Crippen molar-refractivity contribution in [2.24, 2.45) is 11.8 Å². The minimum atomic E-state index is -0.140. The largest absolute Gasteiger partial charge is 0.493 e. The molecule has 5 rings (SSSR count). The minimum Gasteiger partial charge on any atom is -0.493 e. The predicted molar refractivity (Wildman–Crippen MR) is 162 cm³/mol. The summed E-state index contributed by atoms with van der Waals surface area (Å²) < 4.78 is 23.4. The molecule has 4 heteroatoms. The van der Waals surface area contributed by atoms with Crippen LogP contribution in [0.4, 0.5) is 0 Å². The lowest BCUT2D eigenvalue weighted by Gasteiger charge is -2.36. The average molecular weight is 543 g/mol. The number of ether oxygens (including phenoxy) is 4. The van der Waals surface area contributed by atoms with E-state index in [9.17, 15) is 0 Å². The van der Waals surface area contributed by atoms with Crippen molar-refractivity contribution >= 4 is 0 Å². The summed E-state index contributed by atoms with van der Waals surface area (Å²) in [6, 6.07) is 26.3. The Balaban J connectivity index is 1.25. The van der Waals surface area contributed by atoms with Crippen LogP contribution in [0, 0.1) is 11.8 Å². The summed E-state index contributed by atoms with van der Waals surface area (Å²) >= 11 is 0. The number of benzene rings is 3. The van der Waals surface area contributed by atoms with E-state index in [0.29, 0.717) is 24.0 Å². The average Bonchev–Trinajstić information content (AvgIpc) is 2.93. The minimum absolute atomic E-state index is 0.140. The maximum absolute atomic E-state index is 6.09. The van der Waals surface area contributed by atoms with Crippen LogP contribution in [0.2, 0.25) is 0 Å². The summed E-state index contributed by atoms with van der Waals surface area (Å²) in [5.41, 5.74) is 4.88. The summed E-state index contributed by atoms with van der Waals surface area (Å²) in [4.78, 5) is 0. The van der Waals surface area contributed by atoms with E-state index in [1.807, 2.05) is 0 Å². The van der Waals surface area contributed by atoms with Gasteiger partial charge in [0.2, 0.25) is 0 Å². The van der Waals surface area contributed by atoms with E-state index in [1.165, 1.54) is 22.3 Å². The summed E-state index contributed by atoms with van der Waals surface area (Å²) in [5, 5.41) is 0. The van der Waals surface area contributed by atoms with Crippen LogP contribution in [-0.4, -0.2) is 38.6 Å². The number of hydrogen-bond acceptors (Lipinski definition) is 4. The zero-order valence-corrected chi connectivity index (χ0v) is 25.1. The molecule has 4 unspecified atom stereocenters. The highest BCUT2D eigenvalue weighted by atomic mass is 16.5. The van der Waals surface area contributed by atoms with E-state index in [2.05, 4.69) is 114 Å². The highest BCUT2D eigenvalue weighted by Gasteiger charge is 2.32. The molecule has 0 saturated carbocycles. The monoisotopic (exact) mass is 542 g/mol. The predicted octanol–water partition coefficient (Wildman–Crippen LogP) is 7.95. The van der Waals surface area contributed by atoms with Gasteiger partial charge in [0, 0.05) is 22.7 Å². The molecule has 0 radical (unpaired) electrons. The Morgan fingerprint density at radius 3 is 1.32 bits per heavy atom. The van der Waals surface area contributed by atoms with E-state index < -0.39 is 0 Å². The van der Waals surface area contributed by atoms with Gasteiger partial charge in [0.15, 0.2) is 0 Å². The van der Waals surface area contributed by atoms with Crippen LogP contribution < -0.4 is 9.47 Å². The molecule has 2 heterocycles. The number of rotatable bonds is 12. The molecule has 2 aliphatic rings. The van der Waals surface area contributed by atoms with Crippen molar-refractivity contribution in [3.05, 3.63) is 95.1 Å². The summed E-state index contributed by atoms with van der Waals surface area (Å²) in [6.07, 6.45) is 2.80. The van der Waals surface area contributed by atoms with E-state index in [-0.39, 0.29) is 10.8 Å². The van der Waals surface area contributed by atoms with Gasteiger partial charge in [-0.05, 0) is 59.4 Å². The zero-order valence-electron chi connectivity index (χ0n) is 25.1. The topological polar surface area (TPSA) is 36.9 Å². The Morgan fingerprint density at radius 2 is 1.00 bits per heavy atom.